The Balaban J connectivity index is 2.47. The molecule has 0 N–H and O–H groups in total. The summed E-state index contributed by atoms with van der Waals surface area (Å²) in [6.45, 7) is 7.63. The van der Waals surface area contributed by atoms with Gasteiger partial charge in [0.2, 0.25) is 0 Å². The van der Waals surface area contributed by atoms with Crippen LogP contribution in [0, 0.1) is 17.3 Å². The van der Waals surface area contributed by atoms with Gasteiger partial charge in [0.25, 0.3) is 0 Å². The molecule has 0 aromatic rings. The Bertz CT molecular complexity index is 336. The molecule has 1 aliphatic carbocycles. The number of hydrogen-bond donors (Lipinski definition) is 0. The van der Waals surface area contributed by atoms with Crippen LogP contribution in [-0.4, -0.2) is 23.2 Å². The van der Waals surface area contributed by atoms with Gasteiger partial charge < -0.3 is 4.74 Å². The number of halogens is 1. The van der Waals surface area contributed by atoms with Crippen molar-refractivity contribution in [3.05, 3.63) is 0 Å². The molecule has 1 aliphatic rings. The second-order valence-corrected chi connectivity index (χ2v) is 7.77. The average molecular weight is 333 g/mol. The lowest BCUT2D eigenvalue weighted by molar-refractivity contribution is -0.154. The zero-order valence-electron chi connectivity index (χ0n) is 12.4. The maximum Gasteiger partial charge on any atom is 0.308 e. The first-order valence-corrected chi connectivity index (χ1v) is 8.00. The van der Waals surface area contributed by atoms with Crippen LogP contribution in [0.3, 0.4) is 0 Å². The van der Waals surface area contributed by atoms with E-state index in [2.05, 4.69) is 15.9 Å². The summed E-state index contributed by atoms with van der Waals surface area (Å²) in [6, 6.07) is 0. The van der Waals surface area contributed by atoms with Gasteiger partial charge in [-0.15, -0.1) is 0 Å². The Morgan fingerprint density at radius 1 is 1.32 bits per heavy atom. The summed E-state index contributed by atoms with van der Waals surface area (Å²) in [5.41, 5.74) is -0.591. The van der Waals surface area contributed by atoms with Gasteiger partial charge in [0, 0.05) is 10.7 Å². The van der Waals surface area contributed by atoms with Gasteiger partial charge in [0.1, 0.15) is 12.4 Å². The van der Waals surface area contributed by atoms with Crippen molar-refractivity contribution in [2.75, 3.05) is 6.61 Å². The van der Waals surface area contributed by atoms with Gasteiger partial charge >= 0.3 is 5.97 Å². The first-order valence-electron chi connectivity index (χ1n) is 7.09. The molecule has 3 nitrogen and oxygen atoms in total. The maximum atomic E-state index is 12.0. The molecule has 0 aromatic carbocycles. The minimum absolute atomic E-state index is 0.0110. The van der Waals surface area contributed by atoms with Crippen LogP contribution in [0.4, 0.5) is 0 Å². The topological polar surface area (TPSA) is 43.4 Å². The highest BCUT2D eigenvalue weighted by molar-refractivity contribution is 9.09. The predicted molar refractivity (Wildman–Crippen MR) is 79.3 cm³/mol. The van der Waals surface area contributed by atoms with Gasteiger partial charge in [-0.3, -0.25) is 9.59 Å². The molecule has 2 unspecified atom stereocenters. The molecule has 1 saturated carbocycles. The molecule has 19 heavy (non-hydrogen) atoms. The molecule has 0 spiro atoms. The van der Waals surface area contributed by atoms with Gasteiger partial charge in [-0.05, 0) is 33.1 Å². The van der Waals surface area contributed by atoms with E-state index in [1.807, 2.05) is 27.7 Å². The summed E-state index contributed by atoms with van der Waals surface area (Å²) in [5.74, 6) is -0.0468. The van der Waals surface area contributed by atoms with Crippen molar-refractivity contribution < 1.29 is 14.3 Å². The molecule has 0 bridgehead atoms. The van der Waals surface area contributed by atoms with Crippen molar-refractivity contribution in [3.63, 3.8) is 0 Å². The smallest absolute Gasteiger partial charge is 0.308 e. The van der Waals surface area contributed by atoms with Crippen LogP contribution in [0.5, 0.6) is 0 Å². The standard InChI is InChI=1S/C15H25BrO3/c1-10(2)13(17)15(3,4)9-19-14(18)11-6-5-7-12(16)8-11/h10-12H,5-9H2,1-4H3. The Labute approximate surface area is 124 Å². The van der Waals surface area contributed by atoms with E-state index < -0.39 is 5.41 Å². The van der Waals surface area contributed by atoms with Crippen molar-refractivity contribution in [2.45, 2.75) is 58.2 Å². The van der Waals surface area contributed by atoms with Crippen LogP contribution >= 0.6 is 15.9 Å². The van der Waals surface area contributed by atoms with E-state index >= 15 is 0 Å². The fraction of sp³-hybridized carbons (Fsp3) is 0.867. The predicted octanol–water partition coefficient (Wildman–Crippen LogP) is 3.73. The number of Topliss-reactive ketones (excluding diaryl/α,β-unsaturated/α-hetero) is 1. The summed E-state index contributed by atoms with van der Waals surface area (Å²) in [7, 11) is 0. The summed E-state index contributed by atoms with van der Waals surface area (Å²) in [5, 5.41) is 0. The quantitative estimate of drug-likeness (QED) is 0.569. The van der Waals surface area contributed by atoms with Crippen molar-refractivity contribution >= 4 is 27.7 Å². The van der Waals surface area contributed by atoms with E-state index in [4.69, 9.17) is 4.74 Å². The van der Waals surface area contributed by atoms with E-state index in [0.717, 1.165) is 25.7 Å². The van der Waals surface area contributed by atoms with Gasteiger partial charge in [0.15, 0.2) is 0 Å². The third kappa shape index (κ3) is 4.90. The normalized spacial score (nSPS) is 24.3. The molecule has 0 saturated heterocycles. The molecule has 1 rings (SSSR count). The summed E-state index contributed by atoms with van der Waals surface area (Å²) < 4.78 is 5.39. The molecular weight excluding hydrogens is 308 g/mol. The number of rotatable bonds is 5. The Kier molecular flexibility index (Phi) is 6.03. The average Bonchev–Trinajstić information content (AvgIpc) is 2.35. The van der Waals surface area contributed by atoms with Crippen LogP contribution in [0.25, 0.3) is 0 Å². The molecule has 2 atom stereocenters. The lowest BCUT2D eigenvalue weighted by Crippen LogP contribution is -2.35. The molecule has 110 valence electrons. The zero-order valence-corrected chi connectivity index (χ0v) is 14.0. The third-order valence-corrected chi connectivity index (χ3v) is 4.54. The highest BCUT2D eigenvalue weighted by Crippen LogP contribution is 2.30. The third-order valence-electron chi connectivity index (χ3n) is 3.71. The van der Waals surface area contributed by atoms with Crippen LogP contribution in [0.2, 0.25) is 0 Å². The summed E-state index contributed by atoms with van der Waals surface area (Å²) in [6.07, 6.45) is 3.93. The van der Waals surface area contributed by atoms with Crippen molar-refractivity contribution in [1.29, 1.82) is 0 Å². The number of carbonyl (C=O) groups is 2. The second kappa shape index (κ2) is 6.87. The van der Waals surface area contributed by atoms with Gasteiger partial charge in [-0.2, -0.15) is 0 Å². The molecule has 0 radical (unpaired) electrons. The molecule has 4 heteroatoms. The Hall–Kier alpha value is -0.380. The van der Waals surface area contributed by atoms with Crippen LogP contribution < -0.4 is 0 Å². The van der Waals surface area contributed by atoms with Crippen molar-refractivity contribution in [3.8, 4) is 0 Å². The van der Waals surface area contributed by atoms with Crippen molar-refractivity contribution in [2.24, 2.45) is 17.3 Å². The largest absolute Gasteiger partial charge is 0.464 e. The molecular formula is C15H25BrO3. The minimum atomic E-state index is -0.591. The fourth-order valence-electron chi connectivity index (χ4n) is 2.57. The summed E-state index contributed by atoms with van der Waals surface area (Å²) in [4.78, 5) is 24.5. The first kappa shape index (κ1) is 16.7. The number of esters is 1. The lowest BCUT2D eigenvalue weighted by Gasteiger charge is -2.28. The lowest BCUT2D eigenvalue weighted by atomic mass is 9.83. The number of ether oxygens (including phenoxy) is 1. The maximum absolute atomic E-state index is 12.0. The Morgan fingerprint density at radius 3 is 2.47 bits per heavy atom. The first-order chi connectivity index (χ1) is 8.74. The molecule has 1 fully saturated rings. The van der Waals surface area contributed by atoms with Crippen molar-refractivity contribution in [1.82, 2.24) is 0 Å². The van der Waals surface area contributed by atoms with Gasteiger partial charge in [0.05, 0.1) is 11.3 Å². The van der Waals surface area contributed by atoms with E-state index in [1.165, 1.54) is 0 Å². The van der Waals surface area contributed by atoms with Crippen LogP contribution in [0.15, 0.2) is 0 Å². The fourth-order valence-corrected chi connectivity index (χ4v) is 3.34. The molecule has 0 aromatic heterocycles. The summed E-state index contributed by atoms with van der Waals surface area (Å²) >= 11 is 3.57. The molecule has 0 aliphatic heterocycles. The number of carbonyl (C=O) groups excluding carboxylic acids is 2. The number of hydrogen-bond acceptors (Lipinski definition) is 3. The van der Waals surface area contributed by atoms with Gasteiger partial charge in [-0.25, -0.2) is 0 Å². The van der Waals surface area contributed by atoms with Crippen LogP contribution in [-0.2, 0) is 14.3 Å². The zero-order chi connectivity index (χ0) is 14.6. The van der Waals surface area contributed by atoms with E-state index in [-0.39, 0.29) is 30.2 Å². The molecule has 0 amide bonds. The highest BCUT2D eigenvalue weighted by Gasteiger charge is 2.33. The van der Waals surface area contributed by atoms with E-state index in [1.54, 1.807) is 0 Å². The second-order valence-electron chi connectivity index (χ2n) is 6.47. The highest BCUT2D eigenvalue weighted by atomic mass is 79.9. The number of alkyl halides is 1. The number of ketones is 1. The monoisotopic (exact) mass is 332 g/mol. The van der Waals surface area contributed by atoms with Gasteiger partial charge in [-0.1, -0.05) is 36.2 Å². The Morgan fingerprint density at radius 2 is 1.95 bits per heavy atom. The van der Waals surface area contributed by atoms with E-state index in [0.29, 0.717) is 4.83 Å². The van der Waals surface area contributed by atoms with Crippen LogP contribution in [0.1, 0.15) is 53.4 Å². The molecule has 0 heterocycles. The van der Waals surface area contributed by atoms with E-state index in [9.17, 15) is 9.59 Å². The SMILES string of the molecule is CC(C)C(=O)C(C)(C)COC(=O)C1CCCC(Br)C1. The minimum Gasteiger partial charge on any atom is -0.464 e.